The topological polar surface area (TPSA) is 27.1 Å². The fourth-order valence-corrected chi connectivity index (χ4v) is 2.06. The van der Waals surface area contributed by atoms with Crippen LogP contribution < -0.4 is 4.74 Å². The van der Waals surface area contributed by atoms with E-state index in [0.717, 1.165) is 23.6 Å². The van der Waals surface area contributed by atoms with Gasteiger partial charge in [0.05, 0.1) is 13.2 Å². The fraction of sp³-hybridized carbons (Fsp3) is 0.625. The second-order valence-corrected chi connectivity index (χ2v) is 4.56. The molecule has 1 aromatic rings. The molecule has 3 nitrogen and oxygen atoms in total. The van der Waals surface area contributed by atoms with Gasteiger partial charge >= 0.3 is 0 Å². The number of hydrogen-bond acceptors (Lipinski definition) is 2. The summed E-state index contributed by atoms with van der Waals surface area (Å²) in [5.41, 5.74) is 0.443. The first-order valence-corrected chi connectivity index (χ1v) is 4.93. The van der Waals surface area contributed by atoms with Crippen LogP contribution in [0.5, 0.6) is 5.88 Å². The van der Waals surface area contributed by atoms with E-state index in [2.05, 4.69) is 21.0 Å². The number of aromatic nitrogens is 2. The minimum absolute atomic E-state index is 0.443. The summed E-state index contributed by atoms with van der Waals surface area (Å²) >= 11 is 3.34. The minimum atomic E-state index is 0.443. The quantitative estimate of drug-likeness (QED) is 0.678. The van der Waals surface area contributed by atoms with Crippen molar-refractivity contribution in [3.05, 3.63) is 10.7 Å². The Kier molecular flexibility index (Phi) is 1.18. The number of halogens is 1. The molecule has 2 aliphatic rings. The second kappa shape index (κ2) is 2.05. The smallest absolute Gasteiger partial charge is 0.212 e. The zero-order chi connectivity index (χ0) is 8.18. The lowest BCUT2D eigenvalue weighted by molar-refractivity contribution is 0.148. The molecule has 0 bridgehead atoms. The lowest BCUT2D eigenvalue weighted by Gasteiger charge is -2.22. The van der Waals surface area contributed by atoms with Gasteiger partial charge in [-0.25, -0.2) is 4.68 Å². The average Bonchev–Trinajstić information content (AvgIpc) is 2.65. The molecule has 0 aromatic carbocycles. The van der Waals surface area contributed by atoms with E-state index in [-0.39, 0.29) is 0 Å². The summed E-state index contributed by atoms with van der Waals surface area (Å²) in [5.74, 6) is 0.902. The van der Waals surface area contributed by atoms with Crippen LogP contribution in [0.3, 0.4) is 0 Å². The largest absolute Gasteiger partial charge is 0.477 e. The van der Waals surface area contributed by atoms with Gasteiger partial charge in [-0.2, -0.15) is 5.10 Å². The van der Waals surface area contributed by atoms with Crippen LogP contribution in [0.15, 0.2) is 10.7 Å². The van der Waals surface area contributed by atoms with Crippen molar-refractivity contribution >= 4 is 15.9 Å². The van der Waals surface area contributed by atoms with Gasteiger partial charge in [-0.1, -0.05) is 0 Å². The molecule has 1 saturated carbocycles. The molecule has 0 radical (unpaired) electrons. The van der Waals surface area contributed by atoms with Crippen molar-refractivity contribution in [2.45, 2.75) is 19.4 Å². The Bertz CT molecular complexity index is 330. The zero-order valence-electron chi connectivity index (χ0n) is 6.59. The maximum Gasteiger partial charge on any atom is 0.212 e. The summed E-state index contributed by atoms with van der Waals surface area (Å²) < 4.78 is 8.42. The zero-order valence-corrected chi connectivity index (χ0v) is 8.17. The molecule has 1 spiro atoms. The highest BCUT2D eigenvalue weighted by Gasteiger charge is 2.47. The average molecular weight is 229 g/mol. The minimum Gasteiger partial charge on any atom is -0.477 e. The van der Waals surface area contributed by atoms with Crippen LogP contribution in [0.2, 0.25) is 0 Å². The molecular weight excluding hydrogens is 220 g/mol. The number of fused-ring (bicyclic) bond motifs is 1. The standard InChI is InChI=1S/C8H9BrN2O/c9-6-3-7-11(10-6)4-8(1-2-8)5-12-7/h3H,1-2,4-5H2. The number of hydrogen-bond donors (Lipinski definition) is 0. The summed E-state index contributed by atoms with van der Waals surface area (Å²) in [4.78, 5) is 0. The molecule has 64 valence electrons. The molecule has 2 heterocycles. The van der Waals surface area contributed by atoms with Gasteiger partial charge < -0.3 is 4.74 Å². The molecule has 0 unspecified atom stereocenters. The highest BCUT2D eigenvalue weighted by molar-refractivity contribution is 9.10. The van der Waals surface area contributed by atoms with Crippen LogP contribution >= 0.6 is 15.9 Å². The van der Waals surface area contributed by atoms with Crippen LogP contribution in [-0.2, 0) is 6.54 Å². The molecule has 0 atom stereocenters. The lowest BCUT2D eigenvalue weighted by Crippen LogP contribution is -2.26. The molecule has 4 heteroatoms. The number of ether oxygens (including phenoxy) is 1. The van der Waals surface area contributed by atoms with Gasteiger partial charge in [0, 0.05) is 11.5 Å². The van der Waals surface area contributed by atoms with Crippen LogP contribution in [0.1, 0.15) is 12.8 Å². The molecule has 0 amide bonds. The number of rotatable bonds is 0. The maximum absolute atomic E-state index is 5.59. The Morgan fingerprint density at radius 3 is 3.17 bits per heavy atom. The SMILES string of the molecule is Brc1cc2n(n1)CC1(CC1)CO2. The third-order valence-electron chi connectivity index (χ3n) is 2.68. The van der Waals surface area contributed by atoms with E-state index in [1.54, 1.807) is 0 Å². The van der Waals surface area contributed by atoms with Crippen LogP contribution in [0.25, 0.3) is 0 Å². The van der Waals surface area contributed by atoms with Gasteiger partial charge in [0.2, 0.25) is 5.88 Å². The Morgan fingerprint density at radius 1 is 1.58 bits per heavy atom. The van der Waals surface area contributed by atoms with Gasteiger partial charge in [0.25, 0.3) is 0 Å². The summed E-state index contributed by atoms with van der Waals surface area (Å²) in [5, 5.41) is 4.30. The predicted molar refractivity (Wildman–Crippen MR) is 47.1 cm³/mol. The summed E-state index contributed by atoms with van der Waals surface area (Å²) in [6, 6.07) is 1.93. The van der Waals surface area contributed by atoms with Crippen LogP contribution in [0, 0.1) is 5.41 Å². The molecule has 1 aliphatic carbocycles. The van der Waals surface area contributed by atoms with Crippen molar-refractivity contribution in [2.75, 3.05) is 6.61 Å². The molecule has 0 N–H and O–H groups in total. The third-order valence-corrected chi connectivity index (χ3v) is 3.07. The second-order valence-electron chi connectivity index (χ2n) is 3.75. The van der Waals surface area contributed by atoms with Crippen molar-refractivity contribution in [3.8, 4) is 5.88 Å². The summed E-state index contributed by atoms with van der Waals surface area (Å²) in [6.45, 7) is 1.92. The highest BCUT2D eigenvalue weighted by atomic mass is 79.9. The molecule has 1 fully saturated rings. The summed E-state index contributed by atoms with van der Waals surface area (Å²) in [6.07, 6.45) is 2.59. The lowest BCUT2D eigenvalue weighted by atomic mass is 10.1. The van der Waals surface area contributed by atoms with E-state index in [4.69, 9.17) is 4.74 Å². The number of nitrogens with zero attached hydrogens (tertiary/aromatic N) is 2. The Balaban J connectivity index is 2.00. The van der Waals surface area contributed by atoms with Gasteiger partial charge in [0.1, 0.15) is 4.60 Å². The van der Waals surface area contributed by atoms with Gasteiger partial charge in [-0.3, -0.25) is 0 Å². The molecule has 1 aliphatic heterocycles. The molecule has 3 rings (SSSR count). The van der Waals surface area contributed by atoms with E-state index >= 15 is 0 Å². The third kappa shape index (κ3) is 0.905. The van der Waals surface area contributed by atoms with Gasteiger partial charge in [-0.15, -0.1) is 0 Å². The van der Waals surface area contributed by atoms with Gasteiger partial charge in [-0.05, 0) is 28.8 Å². The van der Waals surface area contributed by atoms with Crippen LogP contribution in [-0.4, -0.2) is 16.4 Å². The monoisotopic (exact) mass is 228 g/mol. The van der Waals surface area contributed by atoms with Crippen molar-refractivity contribution < 1.29 is 4.74 Å². The predicted octanol–water partition coefficient (Wildman–Crippen LogP) is 1.82. The molecule has 0 saturated heterocycles. The molecule has 12 heavy (non-hydrogen) atoms. The first kappa shape index (κ1) is 6.95. The normalized spacial score (nSPS) is 23.4. The van der Waals surface area contributed by atoms with Crippen molar-refractivity contribution in [1.29, 1.82) is 0 Å². The van der Waals surface area contributed by atoms with E-state index in [1.807, 2.05) is 10.7 Å². The fourth-order valence-electron chi connectivity index (χ4n) is 1.67. The summed E-state index contributed by atoms with van der Waals surface area (Å²) in [7, 11) is 0. The van der Waals surface area contributed by atoms with E-state index in [9.17, 15) is 0 Å². The van der Waals surface area contributed by atoms with E-state index < -0.39 is 0 Å². The highest BCUT2D eigenvalue weighted by Crippen LogP contribution is 2.50. The molecule has 1 aromatic heterocycles. The van der Waals surface area contributed by atoms with Crippen molar-refractivity contribution in [1.82, 2.24) is 9.78 Å². The first-order chi connectivity index (χ1) is 5.77. The molecular formula is C8H9BrN2O. The van der Waals surface area contributed by atoms with Crippen molar-refractivity contribution in [3.63, 3.8) is 0 Å². The van der Waals surface area contributed by atoms with E-state index in [1.165, 1.54) is 12.8 Å². The van der Waals surface area contributed by atoms with E-state index in [0.29, 0.717) is 5.41 Å². The van der Waals surface area contributed by atoms with Crippen LogP contribution in [0.4, 0.5) is 0 Å². The Hall–Kier alpha value is -0.510. The van der Waals surface area contributed by atoms with Crippen molar-refractivity contribution in [2.24, 2.45) is 5.41 Å². The Morgan fingerprint density at radius 2 is 2.42 bits per heavy atom. The maximum atomic E-state index is 5.59. The Labute approximate surface area is 78.8 Å². The first-order valence-electron chi connectivity index (χ1n) is 4.14. The van der Waals surface area contributed by atoms with Gasteiger partial charge in [0.15, 0.2) is 0 Å².